The third-order valence-corrected chi connectivity index (χ3v) is 4.35. The van der Waals surface area contributed by atoms with Crippen molar-refractivity contribution in [3.63, 3.8) is 0 Å². The van der Waals surface area contributed by atoms with E-state index in [-0.39, 0.29) is 5.78 Å². The van der Waals surface area contributed by atoms with E-state index in [0.717, 1.165) is 35.5 Å². The highest BCUT2D eigenvalue weighted by atomic mass is 16.1. The highest BCUT2D eigenvalue weighted by Crippen LogP contribution is 2.39. The number of H-pyrrole nitrogens is 1. The van der Waals surface area contributed by atoms with Gasteiger partial charge in [-0.05, 0) is 57.0 Å². The van der Waals surface area contributed by atoms with E-state index in [1.54, 1.807) is 0 Å². The third-order valence-electron chi connectivity index (χ3n) is 4.35. The Morgan fingerprint density at radius 2 is 2.10 bits per heavy atom. The monoisotopic (exact) mass is 269 g/mol. The Morgan fingerprint density at radius 3 is 2.85 bits per heavy atom. The van der Waals surface area contributed by atoms with Crippen molar-refractivity contribution in [2.75, 3.05) is 19.6 Å². The Morgan fingerprint density at radius 1 is 1.30 bits per heavy atom. The number of Topliss-reactive ketones (excluding diaryl/α,β-unsaturated/α-hetero) is 1. The molecule has 0 atom stereocenters. The first-order chi connectivity index (χ1) is 9.79. The van der Waals surface area contributed by atoms with Crippen molar-refractivity contribution in [2.24, 2.45) is 0 Å². The molecule has 1 aromatic carbocycles. The summed E-state index contributed by atoms with van der Waals surface area (Å²) < 4.78 is 0. The van der Waals surface area contributed by atoms with E-state index in [4.69, 9.17) is 0 Å². The van der Waals surface area contributed by atoms with E-state index in [1.807, 2.05) is 18.2 Å². The van der Waals surface area contributed by atoms with Gasteiger partial charge in [0.1, 0.15) is 5.82 Å². The molecular weight excluding hydrogens is 250 g/mol. The maximum Gasteiger partial charge on any atom is 0.176 e. The molecule has 4 heteroatoms. The second kappa shape index (κ2) is 4.70. The number of nitrogens with zero attached hydrogens (tertiary/aromatic N) is 2. The molecule has 1 saturated heterocycles. The number of hydrogen-bond acceptors (Lipinski definition) is 3. The average Bonchev–Trinajstić information content (AvgIpc) is 3.01. The fourth-order valence-electron chi connectivity index (χ4n) is 2.99. The third kappa shape index (κ3) is 2.24. The zero-order valence-electron chi connectivity index (χ0n) is 11.6. The molecule has 1 aliphatic carbocycles. The summed E-state index contributed by atoms with van der Waals surface area (Å²) in [5.41, 5.74) is 2.78. The summed E-state index contributed by atoms with van der Waals surface area (Å²) in [4.78, 5) is 22.5. The molecule has 4 rings (SSSR count). The molecule has 1 aromatic heterocycles. The lowest BCUT2D eigenvalue weighted by atomic mass is 10.1. The summed E-state index contributed by atoms with van der Waals surface area (Å²) in [6, 6.07) is 5.85. The SMILES string of the molecule is O=C(CN1CCCC1)c1ccc2nc(C3CC3)[nH]c2c1. The Hall–Kier alpha value is -1.68. The minimum absolute atomic E-state index is 0.219. The van der Waals surface area contributed by atoms with Crippen LogP contribution in [0.3, 0.4) is 0 Å². The number of rotatable bonds is 4. The zero-order chi connectivity index (χ0) is 13.5. The van der Waals surface area contributed by atoms with Crippen LogP contribution in [0.5, 0.6) is 0 Å². The van der Waals surface area contributed by atoms with Crippen LogP contribution in [-0.4, -0.2) is 40.3 Å². The van der Waals surface area contributed by atoms with Gasteiger partial charge in [0, 0.05) is 11.5 Å². The molecule has 0 radical (unpaired) electrons. The second-order valence-corrected chi connectivity index (χ2v) is 6.03. The van der Waals surface area contributed by atoms with Gasteiger partial charge in [-0.1, -0.05) is 0 Å². The molecule has 2 aliphatic rings. The number of aromatic nitrogens is 2. The van der Waals surface area contributed by atoms with Gasteiger partial charge in [0.2, 0.25) is 0 Å². The fraction of sp³-hybridized carbons (Fsp3) is 0.500. The number of carbonyl (C=O) groups excluding carboxylic acids is 1. The first kappa shape index (κ1) is 12.1. The lowest BCUT2D eigenvalue weighted by Crippen LogP contribution is -2.26. The summed E-state index contributed by atoms with van der Waals surface area (Å²) in [5, 5.41) is 0. The molecule has 0 bridgehead atoms. The number of carbonyl (C=O) groups is 1. The van der Waals surface area contributed by atoms with Crippen molar-refractivity contribution < 1.29 is 4.79 Å². The highest BCUT2D eigenvalue weighted by Gasteiger charge is 2.26. The van der Waals surface area contributed by atoms with Crippen LogP contribution in [-0.2, 0) is 0 Å². The van der Waals surface area contributed by atoms with Crippen LogP contribution in [0.15, 0.2) is 18.2 Å². The van der Waals surface area contributed by atoms with Crippen LogP contribution in [0.1, 0.15) is 47.8 Å². The van der Waals surface area contributed by atoms with Crippen LogP contribution in [0.25, 0.3) is 11.0 Å². The summed E-state index contributed by atoms with van der Waals surface area (Å²) in [7, 11) is 0. The van der Waals surface area contributed by atoms with Crippen molar-refractivity contribution in [2.45, 2.75) is 31.6 Å². The van der Waals surface area contributed by atoms with Crippen molar-refractivity contribution in [3.8, 4) is 0 Å². The van der Waals surface area contributed by atoms with Gasteiger partial charge in [-0.3, -0.25) is 9.69 Å². The van der Waals surface area contributed by atoms with Gasteiger partial charge >= 0.3 is 0 Å². The normalized spacial score (nSPS) is 19.8. The Kier molecular flexibility index (Phi) is 2.84. The predicted octanol–water partition coefficient (Wildman–Crippen LogP) is 2.72. The van der Waals surface area contributed by atoms with Crippen molar-refractivity contribution in [3.05, 3.63) is 29.6 Å². The number of fused-ring (bicyclic) bond motifs is 1. The van der Waals surface area contributed by atoms with Gasteiger partial charge in [-0.2, -0.15) is 0 Å². The van der Waals surface area contributed by atoms with Gasteiger partial charge in [0.25, 0.3) is 0 Å². The largest absolute Gasteiger partial charge is 0.342 e. The maximum absolute atomic E-state index is 12.3. The Bertz CT molecular complexity index is 651. The van der Waals surface area contributed by atoms with E-state index >= 15 is 0 Å². The minimum Gasteiger partial charge on any atom is -0.342 e. The molecule has 1 N–H and O–H groups in total. The average molecular weight is 269 g/mol. The summed E-state index contributed by atoms with van der Waals surface area (Å²) in [5.74, 6) is 1.92. The number of imidazole rings is 1. The molecule has 1 saturated carbocycles. The second-order valence-electron chi connectivity index (χ2n) is 6.03. The number of hydrogen-bond donors (Lipinski definition) is 1. The van der Waals surface area contributed by atoms with Crippen LogP contribution in [0, 0.1) is 0 Å². The molecule has 1 aliphatic heterocycles. The highest BCUT2D eigenvalue weighted by molar-refractivity contribution is 6.00. The number of nitrogens with one attached hydrogen (secondary N) is 1. The molecule has 104 valence electrons. The number of likely N-dealkylation sites (tertiary alicyclic amines) is 1. The zero-order valence-corrected chi connectivity index (χ0v) is 11.6. The molecule has 0 spiro atoms. The van der Waals surface area contributed by atoms with Gasteiger partial charge in [0.05, 0.1) is 17.6 Å². The molecule has 0 unspecified atom stereocenters. The van der Waals surface area contributed by atoms with E-state index in [2.05, 4.69) is 14.9 Å². The van der Waals surface area contributed by atoms with Gasteiger partial charge in [-0.25, -0.2) is 4.98 Å². The minimum atomic E-state index is 0.219. The van der Waals surface area contributed by atoms with E-state index in [9.17, 15) is 4.79 Å². The standard InChI is InChI=1S/C16H19N3O/c20-15(10-19-7-1-2-8-19)12-5-6-13-14(9-12)18-16(17-13)11-3-4-11/h5-6,9,11H,1-4,7-8,10H2,(H,17,18). The van der Waals surface area contributed by atoms with Crippen LogP contribution in [0.2, 0.25) is 0 Å². The number of ketones is 1. The van der Waals surface area contributed by atoms with Crippen molar-refractivity contribution in [1.29, 1.82) is 0 Å². The van der Waals surface area contributed by atoms with Crippen molar-refractivity contribution >= 4 is 16.8 Å². The van der Waals surface area contributed by atoms with Gasteiger partial charge < -0.3 is 4.98 Å². The number of benzene rings is 1. The molecule has 4 nitrogen and oxygen atoms in total. The Labute approximate surface area is 118 Å². The first-order valence-electron chi connectivity index (χ1n) is 7.55. The Balaban J connectivity index is 1.57. The topological polar surface area (TPSA) is 49.0 Å². The lowest BCUT2D eigenvalue weighted by molar-refractivity contribution is 0.0945. The molecule has 20 heavy (non-hydrogen) atoms. The molecule has 2 fully saturated rings. The van der Waals surface area contributed by atoms with Crippen LogP contribution >= 0.6 is 0 Å². The number of aromatic amines is 1. The van der Waals surface area contributed by atoms with Crippen molar-refractivity contribution in [1.82, 2.24) is 14.9 Å². The first-order valence-corrected chi connectivity index (χ1v) is 7.55. The molecular formula is C16H19N3O. The smallest absolute Gasteiger partial charge is 0.176 e. The summed E-state index contributed by atoms with van der Waals surface area (Å²) >= 11 is 0. The van der Waals surface area contributed by atoms with E-state index in [1.165, 1.54) is 25.7 Å². The van der Waals surface area contributed by atoms with Crippen LogP contribution in [0.4, 0.5) is 0 Å². The van der Waals surface area contributed by atoms with Crippen LogP contribution < -0.4 is 0 Å². The molecule has 2 heterocycles. The lowest BCUT2D eigenvalue weighted by Gasteiger charge is -2.13. The maximum atomic E-state index is 12.3. The quantitative estimate of drug-likeness (QED) is 0.868. The summed E-state index contributed by atoms with van der Waals surface area (Å²) in [6.07, 6.45) is 4.91. The fourth-order valence-corrected chi connectivity index (χ4v) is 2.99. The molecule has 2 aromatic rings. The van der Waals surface area contributed by atoms with E-state index < -0.39 is 0 Å². The predicted molar refractivity (Wildman–Crippen MR) is 78.1 cm³/mol. The summed E-state index contributed by atoms with van der Waals surface area (Å²) in [6.45, 7) is 2.67. The molecule has 0 amide bonds. The van der Waals surface area contributed by atoms with Gasteiger partial charge in [-0.15, -0.1) is 0 Å². The van der Waals surface area contributed by atoms with E-state index in [0.29, 0.717) is 12.5 Å². The van der Waals surface area contributed by atoms with Gasteiger partial charge in [0.15, 0.2) is 5.78 Å².